The van der Waals surface area contributed by atoms with Crippen LogP contribution in [0.15, 0.2) is 185 Å². The number of para-hydroxylation sites is 2. The predicted molar refractivity (Wildman–Crippen MR) is 219 cm³/mol. The summed E-state index contributed by atoms with van der Waals surface area (Å²) in [7, 11) is 0. The number of furan rings is 2. The third-order valence-corrected chi connectivity index (χ3v) is 10.3. The maximum Gasteiger partial charge on any atom is 0.164 e. The van der Waals surface area contributed by atoms with Gasteiger partial charge in [0.25, 0.3) is 0 Å². The summed E-state index contributed by atoms with van der Waals surface area (Å²) in [5.74, 6) is 1.78. The van der Waals surface area contributed by atoms with Gasteiger partial charge in [0, 0.05) is 38.2 Å². The summed E-state index contributed by atoms with van der Waals surface area (Å²) >= 11 is 0. The van der Waals surface area contributed by atoms with Crippen molar-refractivity contribution in [2.75, 3.05) is 0 Å². The van der Waals surface area contributed by atoms with E-state index in [4.69, 9.17) is 23.8 Å². The lowest BCUT2D eigenvalue weighted by Crippen LogP contribution is -2.01. The second-order valence-electron chi connectivity index (χ2n) is 13.6. The van der Waals surface area contributed by atoms with Crippen molar-refractivity contribution in [3.8, 4) is 56.4 Å². The molecule has 11 aromatic rings. The largest absolute Gasteiger partial charge is 0.456 e. The van der Waals surface area contributed by atoms with Crippen LogP contribution >= 0.6 is 0 Å². The highest BCUT2D eigenvalue weighted by Crippen LogP contribution is 2.39. The topological polar surface area (TPSA) is 65.0 Å². The summed E-state index contributed by atoms with van der Waals surface area (Å²) in [6.45, 7) is 0. The van der Waals surface area contributed by atoms with Crippen LogP contribution in [0.2, 0.25) is 0 Å². The number of fused-ring (bicyclic) bond motifs is 7. The van der Waals surface area contributed by atoms with Crippen LogP contribution in [0.4, 0.5) is 0 Å². The van der Waals surface area contributed by atoms with Crippen molar-refractivity contribution in [2.45, 2.75) is 0 Å². The van der Waals surface area contributed by atoms with Crippen LogP contribution in [0.3, 0.4) is 0 Å². The van der Waals surface area contributed by atoms with Gasteiger partial charge in [-0.1, -0.05) is 140 Å². The van der Waals surface area contributed by atoms with Gasteiger partial charge in [-0.2, -0.15) is 0 Å². The zero-order chi connectivity index (χ0) is 35.6. The second-order valence-corrected chi connectivity index (χ2v) is 13.6. The molecular formula is C49H29N3O2. The molecule has 0 spiro atoms. The van der Waals surface area contributed by atoms with Gasteiger partial charge in [0.15, 0.2) is 17.5 Å². The minimum Gasteiger partial charge on any atom is -0.456 e. The first-order valence-electron chi connectivity index (χ1n) is 18.0. The number of hydrogen-bond acceptors (Lipinski definition) is 5. The molecule has 0 N–H and O–H groups in total. The summed E-state index contributed by atoms with van der Waals surface area (Å²) in [4.78, 5) is 15.6. The Balaban J connectivity index is 1.10. The molecule has 3 heterocycles. The van der Waals surface area contributed by atoms with Gasteiger partial charge in [-0.05, 0) is 69.4 Å². The monoisotopic (exact) mass is 691 g/mol. The number of aromatic nitrogens is 3. The number of rotatable bonds is 5. The van der Waals surface area contributed by atoms with Crippen LogP contribution in [0, 0.1) is 0 Å². The minimum absolute atomic E-state index is 0.585. The summed E-state index contributed by atoms with van der Waals surface area (Å²) in [6, 6.07) is 60.5. The molecule has 0 aliphatic rings. The Morgan fingerprint density at radius 2 is 0.870 bits per heavy atom. The van der Waals surface area contributed by atoms with E-state index < -0.39 is 0 Å². The molecule has 0 atom stereocenters. The van der Waals surface area contributed by atoms with E-state index in [0.717, 1.165) is 93.6 Å². The van der Waals surface area contributed by atoms with E-state index in [1.54, 1.807) is 0 Å². The Kier molecular flexibility index (Phi) is 6.79. The van der Waals surface area contributed by atoms with E-state index in [0.29, 0.717) is 17.5 Å². The summed E-state index contributed by atoms with van der Waals surface area (Å²) in [5, 5.41) is 6.48. The van der Waals surface area contributed by atoms with Gasteiger partial charge in [0.05, 0.1) is 0 Å². The van der Waals surface area contributed by atoms with Crippen molar-refractivity contribution in [2.24, 2.45) is 0 Å². The number of nitrogens with zero attached hydrogens (tertiary/aromatic N) is 3. The Labute approximate surface area is 309 Å². The Morgan fingerprint density at radius 3 is 1.70 bits per heavy atom. The SMILES string of the molecule is c1ccc(-c2ccc(-c3nc(-c4ccccc4-c4ccc5cc6oc7ccccc7c6cc5c4)nc(-c4cccc5oc6ccccc6c45)n3)cc2)cc1. The van der Waals surface area contributed by atoms with Crippen LogP contribution in [0.25, 0.3) is 111 Å². The van der Waals surface area contributed by atoms with E-state index in [9.17, 15) is 0 Å². The van der Waals surface area contributed by atoms with Gasteiger partial charge in [-0.3, -0.25) is 0 Å². The highest BCUT2D eigenvalue weighted by Gasteiger charge is 2.20. The maximum absolute atomic E-state index is 6.28. The highest BCUT2D eigenvalue weighted by molar-refractivity contribution is 6.12. The zero-order valence-corrected chi connectivity index (χ0v) is 28.9. The van der Waals surface area contributed by atoms with E-state index in [-0.39, 0.29) is 0 Å². The summed E-state index contributed by atoms with van der Waals surface area (Å²) in [5.41, 5.74) is 10.5. The summed E-state index contributed by atoms with van der Waals surface area (Å²) in [6.07, 6.45) is 0. The molecule has 0 radical (unpaired) electrons. The van der Waals surface area contributed by atoms with Crippen LogP contribution in [0.5, 0.6) is 0 Å². The molecule has 3 aromatic heterocycles. The fourth-order valence-corrected chi connectivity index (χ4v) is 7.71. The average molecular weight is 692 g/mol. The molecule has 0 bridgehead atoms. The highest BCUT2D eigenvalue weighted by atomic mass is 16.3. The van der Waals surface area contributed by atoms with Crippen molar-refractivity contribution in [3.63, 3.8) is 0 Å². The lowest BCUT2D eigenvalue weighted by atomic mass is 9.96. The molecule has 0 saturated heterocycles. The average Bonchev–Trinajstić information content (AvgIpc) is 3.81. The quantitative estimate of drug-likeness (QED) is 0.180. The van der Waals surface area contributed by atoms with Crippen molar-refractivity contribution >= 4 is 54.6 Å². The molecule has 0 amide bonds. The Hall–Kier alpha value is -7.37. The van der Waals surface area contributed by atoms with Crippen LogP contribution in [-0.2, 0) is 0 Å². The third kappa shape index (κ3) is 4.98. The lowest BCUT2D eigenvalue weighted by molar-refractivity contribution is 0.669. The molecule has 11 rings (SSSR count). The second kappa shape index (κ2) is 12.1. The first-order valence-corrected chi connectivity index (χ1v) is 18.0. The fourth-order valence-electron chi connectivity index (χ4n) is 7.71. The molecule has 5 heteroatoms. The van der Waals surface area contributed by atoms with Crippen molar-refractivity contribution in [1.29, 1.82) is 0 Å². The van der Waals surface area contributed by atoms with Gasteiger partial charge in [-0.15, -0.1) is 0 Å². The first-order chi connectivity index (χ1) is 26.7. The number of benzene rings is 8. The molecule has 5 nitrogen and oxygen atoms in total. The number of hydrogen-bond donors (Lipinski definition) is 0. The molecule has 8 aromatic carbocycles. The van der Waals surface area contributed by atoms with Crippen LogP contribution in [0.1, 0.15) is 0 Å². The maximum atomic E-state index is 6.28. The molecule has 0 fully saturated rings. The van der Waals surface area contributed by atoms with Gasteiger partial charge in [-0.25, -0.2) is 15.0 Å². The van der Waals surface area contributed by atoms with Gasteiger partial charge < -0.3 is 8.83 Å². The molecule has 252 valence electrons. The van der Waals surface area contributed by atoms with Crippen LogP contribution < -0.4 is 0 Å². The molecule has 0 aliphatic heterocycles. The third-order valence-electron chi connectivity index (χ3n) is 10.3. The van der Waals surface area contributed by atoms with Crippen molar-refractivity contribution < 1.29 is 8.83 Å². The Bertz CT molecular complexity index is 3210. The van der Waals surface area contributed by atoms with Crippen molar-refractivity contribution in [1.82, 2.24) is 15.0 Å². The van der Waals surface area contributed by atoms with Gasteiger partial charge in [0.2, 0.25) is 0 Å². The molecule has 0 unspecified atom stereocenters. The van der Waals surface area contributed by atoms with E-state index in [2.05, 4.69) is 121 Å². The lowest BCUT2D eigenvalue weighted by Gasteiger charge is -2.13. The van der Waals surface area contributed by atoms with Crippen LogP contribution in [-0.4, -0.2) is 15.0 Å². The molecular weight excluding hydrogens is 663 g/mol. The first kappa shape index (κ1) is 30.3. The fraction of sp³-hybridized carbons (Fsp3) is 0. The minimum atomic E-state index is 0.585. The van der Waals surface area contributed by atoms with E-state index in [1.807, 2.05) is 54.6 Å². The molecule has 0 saturated carbocycles. The standard InChI is InChI=1S/C49H29N3O2/c1-2-11-30(12-3-1)31-21-23-32(24-22-31)47-50-48(52-49(51-47)40-17-10-20-44-46(40)39-16-7-9-19-43(39)53-44)38-15-5-4-13-36(38)34-26-25-33-29-45-41(28-35(33)27-34)37-14-6-8-18-42(37)54-45/h1-29H. The molecule has 0 aliphatic carbocycles. The summed E-state index contributed by atoms with van der Waals surface area (Å²) < 4.78 is 12.5. The van der Waals surface area contributed by atoms with Gasteiger partial charge in [0.1, 0.15) is 22.3 Å². The molecule has 54 heavy (non-hydrogen) atoms. The smallest absolute Gasteiger partial charge is 0.164 e. The normalized spacial score (nSPS) is 11.7. The zero-order valence-electron chi connectivity index (χ0n) is 28.9. The Morgan fingerprint density at radius 1 is 0.296 bits per heavy atom. The predicted octanol–water partition coefficient (Wildman–Crippen LogP) is 13.2. The van der Waals surface area contributed by atoms with Gasteiger partial charge >= 0.3 is 0 Å². The van der Waals surface area contributed by atoms with E-state index >= 15 is 0 Å². The van der Waals surface area contributed by atoms with E-state index in [1.165, 1.54) is 0 Å². The van der Waals surface area contributed by atoms with Crippen molar-refractivity contribution in [3.05, 3.63) is 176 Å².